The molecule has 0 spiro atoms. The van der Waals surface area contributed by atoms with E-state index in [4.69, 9.17) is 11.6 Å². The Hall–Kier alpha value is -1.94. The Bertz CT molecular complexity index is 1030. The Balaban J connectivity index is 1.77. The summed E-state index contributed by atoms with van der Waals surface area (Å²) < 4.78 is 51.7. The van der Waals surface area contributed by atoms with E-state index in [0.717, 1.165) is 5.56 Å². The van der Waals surface area contributed by atoms with Gasteiger partial charge >= 0.3 is 0 Å². The molecule has 2 aromatic carbocycles. The van der Waals surface area contributed by atoms with Gasteiger partial charge in [0.25, 0.3) is 0 Å². The summed E-state index contributed by atoms with van der Waals surface area (Å²) in [7, 11) is -7.47. The molecule has 1 aliphatic rings. The number of hydrogen-bond donors (Lipinski definition) is 1. The van der Waals surface area contributed by atoms with Crippen LogP contribution in [-0.4, -0.2) is 28.5 Å². The Kier molecular flexibility index (Phi) is 5.07. The molecule has 0 saturated carbocycles. The van der Waals surface area contributed by atoms with Crippen LogP contribution in [0.25, 0.3) is 0 Å². The quantitative estimate of drug-likeness (QED) is 0.805. The lowest BCUT2D eigenvalue weighted by Crippen LogP contribution is -2.29. The molecule has 1 N–H and O–H groups in total. The minimum atomic E-state index is -3.79. The van der Waals surface area contributed by atoms with Gasteiger partial charge in [-0.1, -0.05) is 23.7 Å². The molecule has 0 atom stereocenters. The number of hydrogen-bond acceptors (Lipinski definition) is 5. The summed E-state index contributed by atoms with van der Waals surface area (Å²) in [5.74, 6) is -0.768. The molecule has 0 unspecified atom stereocenters. The van der Waals surface area contributed by atoms with E-state index in [1.165, 1.54) is 24.3 Å². The van der Waals surface area contributed by atoms with E-state index in [2.05, 4.69) is 4.72 Å². The Morgan fingerprint density at radius 2 is 1.65 bits per heavy atom. The zero-order valence-electron chi connectivity index (χ0n) is 13.4. The van der Waals surface area contributed by atoms with E-state index >= 15 is 0 Å². The van der Waals surface area contributed by atoms with Crippen molar-refractivity contribution < 1.29 is 21.6 Å². The second-order valence-corrected chi connectivity index (χ2v) is 9.81. The van der Waals surface area contributed by atoms with Gasteiger partial charge in [-0.05, 0) is 42.0 Å². The fraction of sp³-hybridized carbons (Fsp3) is 0.188. The summed E-state index contributed by atoms with van der Waals surface area (Å²) in [4.78, 5) is 11.7. The minimum absolute atomic E-state index is 0.0285. The minimum Gasteiger partial charge on any atom is -0.273 e. The smallest absolute Gasteiger partial charge is 0.242 e. The van der Waals surface area contributed by atoms with E-state index in [1.807, 2.05) is 0 Å². The third-order valence-corrected chi connectivity index (χ3v) is 7.20. The molecular formula is C16H15ClN2O5S2. The van der Waals surface area contributed by atoms with E-state index < -0.39 is 26.0 Å². The standard InChI is InChI=1S/C16H15ClN2O5S2/c17-13-3-1-12(2-4-13)11-18-26(23,24)15-7-5-14(6-8-15)19-16(20)9-10-25(19,21)22/h1-8,18H,9-11H2. The van der Waals surface area contributed by atoms with Crippen molar-refractivity contribution in [3.8, 4) is 0 Å². The SMILES string of the molecule is O=C1CCS(=O)(=O)N1c1ccc(S(=O)(=O)NCc2ccc(Cl)cc2)cc1. The van der Waals surface area contributed by atoms with Crippen LogP contribution in [0.5, 0.6) is 0 Å². The number of amides is 1. The van der Waals surface area contributed by atoms with Crippen molar-refractivity contribution in [3.63, 3.8) is 0 Å². The molecule has 138 valence electrons. The van der Waals surface area contributed by atoms with Crippen LogP contribution in [0, 0.1) is 0 Å². The van der Waals surface area contributed by atoms with E-state index in [-0.39, 0.29) is 29.3 Å². The lowest BCUT2D eigenvalue weighted by atomic mass is 10.2. The van der Waals surface area contributed by atoms with Gasteiger partial charge in [0.1, 0.15) is 0 Å². The number of carbonyl (C=O) groups excluding carboxylic acids is 1. The monoisotopic (exact) mass is 414 g/mol. The summed E-state index contributed by atoms with van der Waals surface area (Å²) in [6, 6.07) is 11.9. The molecule has 0 radical (unpaired) electrons. The summed E-state index contributed by atoms with van der Waals surface area (Å²) in [6.45, 7) is 0.0836. The first-order valence-electron chi connectivity index (χ1n) is 7.59. The van der Waals surface area contributed by atoms with Gasteiger partial charge in [-0.25, -0.2) is 25.9 Å². The number of benzene rings is 2. The molecule has 3 rings (SSSR count). The van der Waals surface area contributed by atoms with Crippen LogP contribution in [0.2, 0.25) is 5.02 Å². The molecule has 26 heavy (non-hydrogen) atoms. The molecule has 1 aliphatic heterocycles. The summed E-state index contributed by atoms with van der Waals surface area (Å²) >= 11 is 5.79. The van der Waals surface area contributed by atoms with Gasteiger partial charge in [0.05, 0.1) is 16.3 Å². The fourth-order valence-electron chi connectivity index (χ4n) is 2.49. The Morgan fingerprint density at radius 1 is 1.04 bits per heavy atom. The average Bonchev–Trinajstić information content (AvgIpc) is 2.87. The fourth-order valence-corrected chi connectivity index (χ4v) is 5.10. The highest BCUT2D eigenvalue weighted by molar-refractivity contribution is 7.94. The second kappa shape index (κ2) is 6.99. The van der Waals surface area contributed by atoms with Crippen molar-refractivity contribution in [2.45, 2.75) is 17.9 Å². The van der Waals surface area contributed by atoms with Crippen molar-refractivity contribution >= 4 is 43.2 Å². The van der Waals surface area contributed by atoms with Gasteiger partial charge in [-0.2, -0.15) is 0 Å². The molecule has 1 amide bonds. The maximum Gasteiger partial charge on any atom is 0.242 e. The highest BCUT2D eigenvalue weighted by Gasteiger charge is 2.36. The van der Waals surface area contributed by atoms with E-state index in [1.54, 1.807) is 24.3 Å². The molecule has 1 saturated heterocycles. The van der Waals surface area contributed by atoms with Crippen LogP contribution in [0.1, 0.15) is 12.0 Å². The molecule has 2 aromatic rings. The molecule has 0 aliphatic carbocycles. The summed E-state index contributed by atoms with van der Waals surface area (Å²) in [6.07, 6.45) is -0.0783. The summed E-state index contributed by atoms with van der Waals surface area (Å²) in [5, 5.41) is 0.554. The maximum atomic E-state index is 12.4. The number of carbonyl (C=O) groups is 1. The maximum absolute atomic E-state index is 12.4. The Morgan fingerprint density at radius 3 is 2.19 bits per heavy atom. The first-order chi connectivity index (χ1) is 12.2. The van der Waals surface area contributed by atoms with Crippen molar-refractivity contribution in [3.05, 3.63) is 59.1 Å². The van der Waals surface area contributed by atoms with Crippen LogP contribution in [0.15, 0.2) is 53.4 Å². The number of rotatable bonds is 5. The lowest BCUT2D eigenvalue weighted by molar-refractivity contribution is -0.116. The van der Waals surface area contributed by atoms with Crippen LogP contribution < -0.4 is 9.03 Å². The van der Waals surface area contributed by atoms with Crippen LogP contribution in [0.4, 0.5) is 5.69 Å². The number of anilines is 1. The number of nitrogens with zero attached hydrogens (tertiary/aromatic N) is 1. The highest BCUT2D eigenvalue weighted by Crippen LogP contribution is 2.26. The summed E-state index contributed by atoms with van der Waals surface area (Å²) in [5.41, 5.74) is 0.868. The first-order valence-corrected chi connectivity index (χ1v) is 11.1. The molecule has 10 heteroatoms. The van der Waals surface area contributed by atoms with Crippen molar-refractivity contribution in [1.82, 2.24) is 4.72 Å². The van der Waals surface area contributed by atoms with Crippen LogP contribution >= 0.6 is 11.6 Å². The molecule has 0 bridgehead atoms. The topological polar surface area (TPSA) is 101 Å². The molecule has 7 nitrogen and oxygen atoms in total. The van der Waals surface area contributed by atoms with Gasteiger partial charge in [-0.15, -0.1) is 0 Å². The average molecular weight is 415 g/mol. The predicted molar refractivity (Wildman–Crippen MR) is 97.8 cm³/mol. The number of halogens is 1. The van der Waals surface area contributed by atoms with Crippen LogP contribution in [-0.2, 0) is 31.4 Å². The van der Waals surface area contributed by atoms with Crippen molar-refractivity contribution in [2.75, 3.05) is 10.1 Å². The molecule has 1 fully saturated rings. The third-order valence-electron chi connectivity index (χ3n) is 3.84. The number of nitrogens with one attached hydrogen (secondary N) is 1. The Labute approximate surface area is 156 Å². The zero-order valence-corrected chi connectivity index (χ0v) is 15.8. The lowest BCUT2D eigenvalue weighted by Gasteiger charge is -2.15. The third kappa shape index (κ3) is 3.90. The van der Waals surface area contributed by atoms with Crippen LogP contribution in [0.3, 0.4) is 0 Å². The normalized spacial score (nSPS) is 16.8. The van der Waals surface area contributed by atoms with Crippen molar-refractivity contribution in [1.29, 1.82) is 0 Å². The second-order valence-electron chi connectivity index (χ2n) is 5.67. The van der Waals surface area contributed by atoms with Gasteiger partial charge in [-0.3, -0.25) is 4.79 Å². The largest absolute Gasteiger partial charge is 0.273 e. The van der Waals surface area contributed by atoms with Gasteiger partial charge < -0.3 is 0 Å². The van der Waals surface area contributed by atoms with Crippen molar-refractivity contribution in [2.24, 2.45) is 0 Å². The van der Waals surface area contributed by atoms with Gasteiger partial charge in [0.2, 0.25) is 26.0 Å². The zero-order chi connectivity index (χ0) is 18.9. The molecular weight excluding hydrogens is 400 g/mol. The van der Waals surface area contributed by atoms with Gasteiger partial charge in [0, 0.05) is 18.0 Å². The van der Waals surface area contributed by atoms with Gasteiger partial charge in [0.15, 0.2) is 0 Å². The van der Waals surface area contributed by atoms with E-state index in [9.17, 15) is 21.6 Å². The highest BCUT2D eigenvalue weighted by atomic mass is 35.5. The first kappa shape index (κ1) is 18.8. The number of sulfonamides is 2. The molecule has 0 aromatic heterocycles. The van der Waals surface area contributed by atoms with E-state index in [0.29, 0.717) is 9.33 Å². The molecule has 1 heterocycles. The predicted octanol–water partition coefficient (Wildman–Crippen LogP) is 1.89.